The van der Waals surface area contributed by atoms with Crippen LogP contribution in [0.5, 0.6) is 17.2 Å². The summed E-state index contributed by atoms with van der Waals surface area (Å²) in [4.78, 5) is 2.54. The van der Waals surface area contributed by atoms with Crippen LogP contribution in [0.1, 0.15) is 76.3 Å². The number of fused-ring (bicyclic) bond motifs is 6. The molecule has 4 heteroatoms. The number of hydrogen-bond donors (Lipinski definition) is 0. The maximum Gasteiger partial charge on any atom is 0.414 e. The van der Waals surface area contributed by atoms with E-state index in [0.29, 0.717) is 0 Å². The number of rotatable bonds is 0. The first-order valence-corrected chi connectivity index (χ1v) is 15.8. The van der Waals surface area contributed by atoms with Gasteiger partial charge in [-0.2, -0.15) is 0 Å². The SMILES string of the molecule is CC12Oc3c4cccc3CN3Cc5cccc(c5O1)CCCc1cc(cc(c1)CCCc1cccc(c1O2)C3)CCC4. The lowest BCUT2D eigenvalue weighted by atomic mass is 9.93. The molecule has 0 amide bonds. The van der Waals surface area contributed by atoms with Crippen molar-refractivity contribution >= 4 is 0 Å². The van der Waals surface area contributed by atoms with Gasteiger partial charge in [-0.05, 0) is 91.2 Å². The summed E-state index contributed by atoms with van der Waals surface area (Å²) < 4.78 is 21.1. The third-order valence-corrected chi connectivity index (χ3v) is 9.43. The van der Waals surface area contributed by atoms with Gasteiger partial charge in [0, 0.05) is 36.3 Å². The molecule has 4 aromatic rings. The summed E-state index contributed by atoms with van der Waals surface area (Å²) in [6.45, 7) is 4.39. The predicted molar refractivity (Wildman–Crippen MR) is 165 cm³/mol. The Bertz CT molecular complexity index is 1450. The first-order chi connectivity index (χ1) is 20.6. The summed E-state index contributed by atoms with van der Waals surface area (Å²) >= 11 is 0. The van der Waals surface area contributed by atoms with Crippen molar-refractivity contribution in [3.63, 3.8) is 0 Å². The zero-order valence-corrected chi connectivity index (χ0v) is 24.6. The van der Waals surface area contributed by atoms with E-state index in [1.165, 1.54) is 50.1 Å². The Kier molecular flexibility index (Phi) is 6.48. The third kappa shape index (κ3) is 4.96. The molecule has 0 aromatic heterocycles. The van der Waals surface area contributed by atoms with E-state index in [4.69, 9.17) is 14.2 Å². The quantitative estimate of drug-likeness (QED) is 0.220. The minimum Gasteiger partial charge on any atom is -0.420 e. The van der Waals surface area contributed by atoms with Gasteiger partial charge in [0.15, 0.2) is 0 Å². The number of benzene rings is 4. The van der Waals surface area contributed by atoms with Crippen molar-refractivity contribution in [2.45, 2.75) is 90.3 Å². The second kappa shape index (κ2) is 10.5. The van der Waals surface area contributed by atoms with Gasteiger partial charge in [0.05, 0.1) is 6.92 Å². The maximum absolute atomic E-state index is 7.05. The van der Waals surface area contributed by atoms with E-state index in [2.05, 4.69) is 77.7 Å². The average molecular weight is 558 g/mol. The van der Waals surface area contributed by atoms with Crippen LogP contribution >= 0.6 is 0 Å². The predicted octanol–water partition coefficient (Wildman–Crippen LogP) is 7.88. The van der Waals surface area contributed by atoms with E-state index in [1.54, 1.807) is 0 Å². The van der Waals surface area contributed by atoms with Crippen molar-refractivity contribution in [1.29, 1.82) is 0 Å². The van der Waals surface area contributed by atoms with Crippen molar-refractivity contribution in [3.05, 3.63) is 123 Å². The zero-order valence-electron chi connectivity index (χ0n) is 24.6. The molecule has 10 rings (SSSR count). The van der Waals surface area contributed by atoms with Crippen LogP contribution in [0, 0.1) is 0 Å². The zero-order chi connectivity index (χ0) is 28.1. The summed E-state index contributed by atoms with van der Waals surface area (Å²) in [6, 6.07) is 27.3. The lowest BCUT2D eigenvalue weighted by molar-refractivity contribution is -0.241. The second-order valence-corrected chi connectivity index (χ2v) is 12.7. The van der Waals surface area contributed by atoms with Crippen LogP contribution in [0.4, 0.5) is 0 Å². The minimum atomic E-state index is -1.33. The second-order valence-electron chi connectivity index (χ2n) is 12.7. The first-order valence-electron chi connectivity index (χ1n) is 15.8. The van der Waals surface area contributed by atoms with E-state index in [9.17, 15) is 0 Å². The van der Waals surface area contributed by atoms with Crippen LogP contribution < -0.4 is 14.2 Å². The fourth-order valence-electron chi connectivity index (χ4n) is 7.50. The standard InChI is InChI=1S/C38H39NO3/c1-38-40-35-29-11-2-8-26-20-27-9-3-12-30-15-6-18-33(36(30)41-38)24-39(23-32(35)17-5-14-29)25-34-19-7-16-31(37(34)42-38)13-4-10-28(21-26)22-27/h5-7,14-22H,2-4,8-13,23-25H2,1H3. The van der Waals surface area contributed by atoms with Gasteiger partial charge in [-0.25, -0.2) is 0 Å². The third-order valence-electron chi connectivity index (χ3n) is 9.43. The molecule has 6 aliphatic heterocycles. The number of nitrogens with zero attached hydrogens (tertiary/aromatic N) is 1. The molecule has 0 atom stereocenters. The molecule has 6 heterocycles. The van der Waals surface area contributed by atoms with E-state index in [1.807, 2.05) is 6.92 Å². The van der Waals surface area contributed by atoms with E-state index in [-0.39, 0.29) is 0 Å². The van der Waals surface area contributed by atoms with E-state index < -0.39 is 5.97 Å². The number of hydrogen-bond acceptors (Lipinski definition) is 4. The van der Waals surface area contributed by atoms with Gasteiger partial charge in [0.1, 0.15) is 17.2 Å². The fourth-order valence-corrected chi connectivity index (χ4v) is 7.50. The summed E-state index contributed by atoms with van der Waals surface area (Å²) in [6.07, 6.45) is 9.27. The fraction of sp³-hybridized carbons (Fsp3) is 0.368. The van der Waals surface area contributed by atoms with Crippen LogP contribution in [-0.4, -0.2) is 10.9 Å². The van der Waals surface area contributed by atoms with Crippen LogP contribution in [0.15, 0.2) is 72.8 Å². The highest BCUT2D eigenvalue weighted by Crippen LogP contribution is 2.41. The van der Waals surface area contributed by atoms with E-state index in [0.717, 1.165) is 94.7 Å². The monoisotopic (exact) mass is 557 g/mol. The maximum atomic E-state index is 7.05. The Labute approximate surface area is 249 Å². The highest BCUT2D eigenvalue weighted by atomic mass is 16.9. The Hall–Kier alpha value is -3.76. The molecule has 0 saturated heterocycles. The van der Waals surface area contributed by atoms with Gasteiger partial charge in [-0.3, -0.25) is 4.90 Å². The minimum absolute atomic E-state index is 0.804. The van der Waals surface area contributed by atoms with Gasteiger partial charge < -0.3 is 14.2 Å². The van der Waals surface area contributed by atoms with Gasteiger partial charge in [0.2, 0.25) is 0 Å². The van der Waals surface area contributed by atoms with Crippen molar-refractivity contribution in [2.75, 3.05) is 0 Å². The van der Waals surface area contributed by atoms with Gasteiger partial charge in [0.25, 0.3) is 0 Å². The Morgan fingerprint density at radius 2 is 0.810 bits per heavy atom. The molecule has 214 valence electrons. The molecule has 4 nitrogen and oxygen atoms in total. The summed E-state index contributed by atoms with van der Waals surface area (Å²) in [5, 5.41) is 0. The van der Waals surface area contributed by atoms with Gasteiger partial charge in [-0.15, -0.1) is 0 Å². The van der Waals surface area contributed by atoms with Gasteiger partial charge >= 0.3 is 5.97 Å². The molecule has 0 saturated carbocycles. The highest BCUT2D eigenvalue weighted by Gasteiger charge is 2.39. The molecule has 42 heavy (non-hydrogen) atoms. The molecule has 0 aliphatic carbocycles. The molecular weight excluding hydrogens is 518 g/mol. The Morgan fingerprint density at radius 3 is 1.17 bits per heavy atom. The van der Waals surface area contributed by atoms with E-state index >= 15 is 0 Å². The lowest BCUT2D eigenvalue weighted by Crippen LogP contribution is -2.47. The largest absolute Gasteiger partial charge is 0.420 e. The number of aryl methyl sites for hydroxylation is 6. The normalized spacial score (nSPS) is 22.6. The number of ether oxygens (including phenoxy) is 3. The molecule has 0 spiro atoms. The molecule has 6 aliphatic rings. The van der Waals surface area contributed by atoms with Crippen molar-refractivity contribution in [3.8, 4) is 17.2 Å². The highest BCUT2D eigenvalue weighted by molar-refractivity contribution is 5.48. The first kappa shape index (κ1) is 25.9. The van der Waals surface area contributed by atoms with Crippen molar-refractivity contribution in [1.82, 2.24) is 4.90 Å². The van der Waals surface area contributed by atoms with Crippen LogP contribution in [-0.2, 0) is 58.2 Å². The van der Waals surface area contributed by atoms with Crippen LogP contribution in [0.2, 0.25) is 0 Å². The van der Waals surface area contributed by atoms with Crippen LogP contribution in [0.3, 0.4) is 0 Å². The summed E-state index contributed by atoms with van der Waals surface area (Å²) in [7, 11) is 0. The average Bonchev–Trinajstić information content (AvgIpc) is 2.96. The van der Waals surface area contributed by atoms with Crippen molar-refractivity contribution < 1.29 is 14.2 Å². The smallest absolute Gasteiger partial charge is 0.414 e. The lowest BCUT2D eigenvalue weighted by Gasteiger charge is -2.39. The Morgan fingerprint density at radius 1 is 0.476 bits per heavy atom. The molecule has 0 unspecified atom stereocenters. The Balaban J connectivity index is 1.41. The molecule has 0 radical (unpaired) electrons. The molecule has 4 aromatic carbocycles. The number of para-hydroxylation sites is 3. The molecule has 0 fully saturated rings. The molecule has 0 N–H and O–H groups in total. The van der Waals surface area contributed by atoms with Crippen LogP contribution in [0.25, 0.3) is 0 Å². The molecule has 8 bridgehead atoms. The summed E-state index contributed by atoms with van der Waals surface area (Å²) in [5.74, 6) is 1.42. The van der Waals surface area contributed by atoms with Crippen molar-refractivity contribution in [2.24, 2.45) is 0 Å². The topological polar surface area (TPSA) is 30.9 Å². The van der Waals surface area contributed by atoms with Gasteiger partial charge in [-0.1, -0.05) is 72.8 Å². The molecular formula is C38H39NO3. The summed E-state index contributed by atoms with van der Waals surface area (Å²) in [5.41, 5.74) is 11.7.